The summed E-state index contributed by atoms with van der Waals surface area (Å²) in [5.74, 6) is -3.06. The highest BCUT2D eigenvalue weighted by molar-refractivity contribution is 8.00. The van der Waals surface area contributed by atoms with Gasteiger partial charge in [-0.05, 0) is 6.08 Å². The van der Waals surface area contributed by atoms with Crippen molar-refractivity contribution in [2.45, 2.75) is 17.5 Å². The summed E-state index contributed by atoms with van der Waals surface area (Å²) in [5, 5.41) is 16.2. The Morgan fingerprint density at radius 2 is 2.23 bits per heavy atom. The fourth-order valence-corrected chi connectivity index (χ4v) is 4.48. The monoisotopic (exact) mass is 470 g/mol. The van der Waals surface area contributed by atoms with E-state index in [0.717, 1.165) is 11.3 Å². The lowest BCUT2D eigenvalue weighted by Crippen LogP contribution is -2.70. The van der Waals surface area contributed by atoms with E-state index in [1.54, 1.807) is 0 Å². The highest BCUT2D eigenvalue weighted by Crippen LogP contribution is 2.37. The fraction of sp³-hybridized carbons (Fsp3) is 0.375. The maximum absolute atomic E-state index is 12.7. The van der Waals surface area contributed by atoms with Crippen molar-refractivity contribution in [1.82, 2.24) is 15.2 Å². The summed E-state index contributed by atoms with van der Waals surface area (Å²) in [4.78, 5) is 58.2. The summed E-state index contributed by atoms with van der Waals surface area (Å²) < 4.78 is 4.89. The highest BCUT2D eigenvalue weighted by atomic mass is 32.2. The zero-order valence-corrected chi connectivity index (χ0v) is 17.6. The molecule has 1 saturated heterocycles. The lowest BCUT2D eigenvalue weighted by Gasteiger charge is -2.48. The van der Waals surface area contributed by atoms with Crippen LogP contribution >= 0.6 is 23.1 Å². The van der Waals surface area contributed by atoms with E-state index in [-0.39, 0.29) is 22.2 Å². The second kappa shape index (κ2) is 9.32. The SMILES string of the molecule is CON=C(C(=O)NC1C(=O)N2C(C(=O)OCC(N)C(=O)O)=CCS[C@@H]12)c1csc(N)n1. The number of nitrogens with two attached hydrogens (primary N) is 2. The van der Waals surface area contributed by atoms with Crippen LogP contribution in [0.2, 0.25) is 0 Å². The average Bonchev–Trinajstić information content (AvgIpc) is 3.18. The smallest absolute Gasteiger partial charge is 0.354 e. The third kappa shape index (κ3) is 4.62. The van der Waals surface area contributed by atoms with Crippen LogP contribution in [0.1, 0.15) is 5.69 Å². The Kier molecular flexibility index (Phi) is 6.77. The van der Waals surface area contributed by atoms with Crippen LogP contribution in [-0.4, -0.2) is 81.4 Å². The Labute approximate surface area is 183 Å². The van der Waals surface area contributed by atoms with Crippen molar-refractivity contribution in [3.05, 3.63) is 22.8 Å². The number of aliphatic carboxylic acids is 1. The minimum atomic E-state index is -1.38. The molecule has 2 amide bonds. The number of carboxylic acid groups (broad SMARTS) is 1. The third-order valence-electron chi connectivity index (χ3n) is 4.22. The van der Waals surface area contributed by atoms with Gasteiger partial charge in [0.2, 0.25) is 0 Å². The van der Waals surface area contributed by atoms with Crippen molar-refractivity contribution < 1.29 is 33.9 Å². The molecule has 6 N–H and O–H groups in total. The number of carbonyl (C=O) groups is 4. The van der Waals surface area contributed by atoms with Crippen LogP contribution in [0.3, 0.4) is 0 Å². The molecule has 3 atom stereocenters. The lowest BCUT2D eigenvalue weighted by atomic mass is 10.0. The van der Waals surface area contributed by atoms with E-state index in [9.17, 15) is 19.2 Å². The average molecular weight is 470 g/mol. The van der Waals surface area contributed by atoms with Crippen LogP contribution in [0.4, 0.5) is 5.13 Å². The van der Waals surface area contributed by atoms with E-state index in [1.165, 1.54) is 35.2 Å². The molecule has 0 spiro atoms. The molecule has 0 bridgehead atoms. The summed E-state index contributed by atoms with van der Waals surface area (Å²) >= 11 is 2.44. The van der Waals surface area contributed by atoms with Gasteiger partial charge in [-0.1, -0.05) is 5.16 Å². The summed E-state index contributed by atoms with van der Waals surface area (Å²) in [6.45, 7) is -0.543. The molecule has 3 rings (SSSR count). The van der Waals surface area contributed by atoms with Crippen molar-refractivity contribution in [3.63, 3.8) is 0 Å². The number of carboxylic acids is 1. The van der Waals surface area contributed by atoms with E-state index >= 15 is 0 Å². The maximum Gasteiger partial charge on any atom is 0.354 e. The first kappa shape index (κ1) is 22.5. The molecule has 0 aliphatic carbocycles. The molecule has 2 unspecified atom stereocenters. The summed E-state index contributed by atoms with van der Waals surface area (Å²) in [6, 6.07) is -2.30. The van der Waals surface area contributed by atoms with Crippen LogP contribution in [0.5, 0.6) is 0 Å². The van der Waals surface area contributed by atoms with Crippen molar-refractivity contribution in [1.29, 1.82) is 0 Å². The Hall–Kier alpha value is -3.17. The zero-order chi connectivity index (χ0) is 22.7. The maximum atomic E-state index is 12.7. The van der Waals surface area contributed by atoms with Crippen LogP contribution in [-0.2, 0) is 28.8 Å². The van der Waals surface area contributed by atoms with Crippen LogP contribution in [0.15, 0.2) is 22.3 Å². The largest absolute Gasteiger partial charge is 0.480 e. The van der Waals surface area contributed by atoms with Gasteiger partial charge in [0.15, 0.2) is 10.8 Å². The van der Waals surface area contributed by atoms with Crippen molar-refractivity contribution in [2.24, 2.45) is 10.9 Å². The number of hydrogen-bond acceptors (Lipinski definition) is 12. The number of fused-ring (bicyclic) bond motifs is 1. The lowest BCUT2D eigenvalue weighted by molar-refractivity contribution is -0.153. The number of nitrogens with one attached hydrogen (secondary N) is 1. The van der Waals surface area contributed by atoms with Gasteiger partial charge in [-0.3, -0.25) is 19.3 Å². The molecule has 0 radical (unpaired) electrons. The number of nitrogens with zero attached hydrogens (tertiary/aromatic N) is 3. The van der Waals surface area contributed by atoms with E-state index in [0.29, 0.717) is 5.75 Å². The first-order valence-corrected chi connectivity index (χ1v) is 10.6. The summed E-state index contributed by atoms with van der Waals surface area (Å²) in [7, 11) is 1.26. The molecule has 1 aromatic heterocycles. The van der Waals surface area contributed by atoms with Crippen molar-refractivity contribution in [2.75, 3.05) is 25.2 Å². The Morgan fingerprint density at radius 1 is 1.48 bits per heavy atom. The van der Waals surface area contributed by atoms with E-state index in [4.69, 9.17) is 26.1 Å². The first-order chi connectivity index (χ1) is 14.7. The van der Waals surface area contributed by atoms with Gasteiger partial charge in [-0.2, -0.15) is 0 Å². The number of hydrogen-bond donors (Lipinski definition) is 4. The number of anilines is 1. The normalized spacial score (nSPS) is 21.4. The second-order valence-electron chi connectivity index (χ2n) is 6.21. The van der Waals surface area contributed by atoms with E-state index in [1.807, 2.05) is 0 Å². The minimum Gasteiger partial charge on any atom is -0.480 e. The molecule has 0 saturated carbocycles. The first-order valence-electron chi connectivity index (χ1n) is 8.68. The van der Waals surface area contributed by atoms with Gasteiger partial charge >= 0.3 is 11.9 Å². The van der Waals surface area contributed by atoms with Crippen LogP contribution in [0.25, 0.3) is 0 Å². The Bertz CT molecular complexity index is 977. The number of ether oxygens (including phenoxy) is 1. The second-order valence-corrected chi connectivity index (χ2v) is 8.25. The number of β-lactam (4-membered cyclic amide) rings is 1. The molecule has 31 heavy (non-hydrogen) atoms. The zero-order valence-electron chi connectivity index (χ0n) is 16.0. The number of esters is 1. The fourth-order valence-electron chi connectivity index (χ4n) is 2.74. The molecular weight excluding hydrogens is 452 g/mol. The van der Waals surface area contributed by atoms with Gasteiger partial charge in [0.25, 0.3) is 11.8 Å². The number of aromatic nitrogens is 1. The number of nitrogen functional groups attached to an aromatic ring is 1. The predicted molar refractivity (Wildman–Crippen MR) is 110 cm³/mol. The highest BCUT2D eigenvalue weighted by Gasteiger charge is 2.53. The van der Waals surface area contributed by atoms with Gasteiger partial charge in [0, 0.05) is 11.1 Å². The van der Waals surface area contributed by atoms with E-state index < -0.39 is 47.8 Å². The molecule has 1 fully saturated rings. The van der Waals surface area contributed by atoms with Gasteiger partial charge in [0.1, 0.15) is 42.6 Å². The molecule has 2 aliphatic heterocycles. The number of oxime groups is 1. The summed E-state index contributed by atoms with van der Waals surface area (Å²) in [6.07, 6.45) is 1.49. The topological polar surface area (TPSA) is 200 Å². The Morgan fingerprint density at radius 3 is 2.84 bits per heavy atom. The molecular formula is C16H18N6O7S2. The number of thioether (sulfide) groups is 1. The van der Waals surface area contributed by atoms with E-state index in [2.05, 4.69) is 15.5 Å². The Balaban J connectivity index is 1.66. The molecule has 0 aromatic carbocycles. The van der Waals surface area contributed by atoms with Gasteiger partial charge in [-0.15, -0.1) is 23.1 Å². The number of rotatable bonds is 8. The third-order valence-corrected chi connectivity index (χ3v) is 6.07. The molecule has 15 heteroatoms. The minimum absolute atomic E-state index is 0.0325. The molecule has 3 heterocycles. The quantitative estimate of drug-likeness (QED) is 0.146. The molecule has 13 nitrogen and oxygen atoms in total. The van der Waals surface area contributed by atoms with Gasteiger partial charge in [0.05, 0.1) is 0 Å². The van der Waals surface area contributed by atoms with Gasteiger partial charge in [-0.25, -0.2) is 9.78 Å². The molecule has 2 aliphatic rings. The summed E-state index contributed by atoms with van der Waals surface area (Å²) in [5.41, 5.74) is 10.9. The van der Waals surface area contributed by atoms with Crippen molar-refractivity contribution >= 4 is 57.7 Å². The standard InChI is InChI=1S/C16H18N6O7S2/c1-28-21-9(7-5-31-16(18)19-7)11(23)20-10-12(24)22-8(2-3-30-13(10)22)15(27)29-4-6(17)14(25)26/h2,5-6,10,13H,3-4,17H2,1H3,(H2,18,19)(H,20,23)(H,25,26)/t6?,10?,13-/m0/s1. The molecule has 166 valence electrons. The van der Waals surface area contributed by atoms with Crippen LogP contribution in [0, 0.1) is 0 Å². The number of thiazole rings is 1. The van der Waals surface area contributed by atoms with Gasteiger partial charge < -0.3 is 31.5 Å². The predicted octanol–water partition coefficient (Wildman–Crippen LogP) is -1.69. The van der Waals surface area contributed by atoms with Crippen LogP contribution < -0.4 is 16.8 Å². The number of amides is 2. The van der Waals surface area contributed by atoms with Crippen molar-refractivity contribution in [3.8, 4) is 0 Å². The number of carbonyl (C=O) groups excluding carboxylic acids is 3. The molecule has 1 aromatic rings.